The van der Waals surface area contributed by atoms with Crippen LogP contribution < -0.4 is 14.8 Å². The molecule has 0 bridgehead atoms. The van der Waals surface area contributed by atoms with Gasteiger partial charge in [0.15, 0.2) is 11.5 Å². The Bertz CT molecular complexity index is 530. The Labute approximate surface area is 131 Å². The van der Waals surface area contributed by atoms with E-state index in [2.05, 4.69) is 5.32 Å². The lowest BCUT2D eigenvalue weighted by atomic mass is 9.87. The fourth-order valence-corrected chi connectivity index (χ4v) is 3.08. The van der Waals surface area contributed by atoms with Crippen LogP contribution in [0.1, 0.15) is 37.3 Å². The van der Waals surface area contributed by atoms with Crippen LogP contribution in [0.2, 0.25) is 0 Å². The summed E-state index contributed by atoms with van der Waals surface area (Å²) in [6.07, 6.45) is 4.20. The van der Waals surface area contributed by atoms with E-state index in [1.54, 1.807) is 14.2 Å². The smallest absolute Gasteiger partial charge is 0.320 e. The summed E-state index contributed by atoms with van der Waals surface area (Å²) < 4.78 is 10.7. The molecule has 122 valence electrons. The number of hydrogen-bond acceptors (Lipinski definition) is 4. The van der Waals surface area contributed by atoms with Crippen LogP contribution in [0.3, 0.4) is 0 Å². The number of rotatable bonds is 7. The largest absolute Gasteiger partial charge is 0.493 e. The molecule has 0 saturated carbocycles. The lowest BCUT2D eigenvalue weighted by Gasteiger charge is -2.29. The van der Waals surface area contributed by atoms with E-state index in [-0.39, 0.29) is 6.04 Å². The SMILES string of the molecule is CCCC(N[C@H]1CCc2cc(OC)c(OC)cc2C1)C(=O)O. The van der Waals surface area contributed by atoms with Crippen LogP contribution >= 0.6 is 0 Å². The average Bonchev–Trinajstić information content (AvgIpc) is 2.52. The number of methoxy groups -OCH3 is 2. The van der Waals surface area contributed by atoms with Gasteiger partial charge in [0, 0.05) is 6.04 Å². The zero-order valence-electron chi connectivity index (χ0n) is 13.5. The molecule has 2 N–H and O–H groups in total. The monoisotopic (exact) mass is 307 g/mol. The average molecular weight is 307 g/mol. The van der Waals surface area contributed by atoms with E-state index in [9.17, 15) is 9.90 Å². The summed E-state index contributed by atoms with van der Waals surface area (Å²) in [6.45, 7) is 2.00. The van der Waals surface area contributed by atoms with Gasteiger partial charge in [0.25, 0.3) is 0 Å². The third kappa shape index (κ3) is 3.71. The molecule has 0 heterocycles. The Balaban J connectivity index is 2.12. The third-order valence-electron chi connectivity index (χ3n) is 4.25. The Kier molecular flexibility index (Phi) is 5.66. The summed E-state index contributed by atoms with van der Waals surface area (Å²) in [5, 5.41) is 12.6. The van der Waals surface area contributed by atoms with E-state index in [0.717, 1.165) is 37.2 Å². The lowest BCUT2D eigenvalue weighted by Crippen LogP contribution is -2.45. The van der Waals surface area contributed by atoms with Gasteiger partial charge in [0.1, 0.15) is 6.04 Å². The molecule has 22 heavy (non-hydrogen) atoms. The molecule has 0 aromatic heterocycles. The molecule has 2 rings (SSSR count). The van der Waals surface area contributed by atoms with E-state index in [4.69, 9.17) is 9.47 Å². The maximum atomic E-state index is 11.3. The van der Waals surface area contributed by atoms with E-state index >= 15 is 0 Å². The van der Waals surface area contributed by atoms with Gasteiger partial charge in [-0.1, -0.05) is 13.3 Å². The fraction of sp³-hybridized carbons (Fsp3) is 0.588. The number of benzene rings is 1. The predicted octanol–water partition coefficient (Wildman–Crippen LogP) is 2.40. The number of nitrogens with one attached hydrogen (secondary N) is 1. The first kappa shape index (κ1) is 16.6. The molecule has 1 aliphatic rings. The summed E-state index contributed by atoms with van der Waals surface area (Å²) in [6, 6.07) is 3.78. The van der Waals surface area contributed by atoms with Gasteiger partial charge in [-0.25, -0.2) is 0 Å². The Hall–Kier alpha value is -1.75. The van der Waals surface area contributed by atoms with Crippen LogP contribution in [-0.2, 0) is 17.6 Å². The second-order valence-electron chi connectivity index (χ2n) is 5.76. The molecule has 0 saturated heterocycles. The number of carboxylic acid groups (broad SMARTS) is 1. The van der Waals surface area contributed by atoms with Gasteiger partial charge in [-0.2, -0.15) is 0 Å². The van der Waals surface area contributed by atoms with Gasteiger partial charge in [-0.3, -0.25) is 4.79 Å². The van der Waals surface area contributed by atoms with Crippen LogP contribution in [0.25, 0.3) is 0 Å². The highest BCUT2D eigenvalue weighted by molar-refractivity contribution is 5.73. The van der Waals surface area contributed by atoms with Crippen LogP contribution in [0.15, 0.2) is 12.1 Å². The number of fused-ring (bicyclic) bond motifs is 1. The molecule has 5 heteroatoms. The molecule has 1 aromatic rings. The van der Waals surface area contributed by atoms with Crippen molar-refractivity contribution in [1.29, 1.82) is 0 Å². The van der Waals surface area contributed by atoms with Crippen molar-refractivity contribution in [2.24, 2.45) is 0 Å². The van der Waals surface area contributed by atoms with Crippen molar-refractivity contribution in [2.45, 2.75) is 51.1 Å². The molecule has 2 atom stereocenters. The first-order chi connectivity index (χ1) is 10.6. The van der Waals surface area contributed by atoms with Crippen LogP contribution in [-0.4, -0.2) is 37.4 Å². The molecular formula is C17H25NO4. The zero-order valence-corrected chi connectivity index (χ0v) is 13.5. The lowest BCUT2D eigenvalue weighted by molar-refractivity contribution is -0.139. The fourth-order valence-electron chi connectivity index (χ4n) is 3.08. The predicted molar refractivity (Wildman–Crippen MR) is 84.8 cm³/mol. The first-order valence-corrected chi connectivity index (χ1v) is 7.81. The number of ether oxygens (including phenoxy) is 2. The number of carboxylic acids is 1. The van der Waals surface area contributed by atoms with E-state index in [1.807, 2.05) is 19.1 Å². The quantitative estimate of drug-likeness (QED) is 0.809. The second kappa shape index (κ2) is 7.49. The van der Waals surface area contributed by atoms with Crippen molar-refractivity contribution in [3.8, 4) is 11.5 Å². The van der Waals surface area contributed by atoms with Crippen LogP contribution in [0.4, 0.5) is 0 Å². The van der Waals surface area contributed by atoms with Crippen LogP contribution in [0, 0.1) is 0 Å². The maximum Gasteiger partial charge on any atom is 0.320 e. The van der Waals surface area contributed by atoms with Gasteiger partial charge in [-0.15, -0.1) is 0 Å². The minimum Gasteiger partial charge on any atom is -0.493 e. The second-order valence-corrected chi connectivity index (χ2v) is 5.76. The van der Waals surface area contributed by atoms with Gasteiger partial charge in [-0.05, 0) is 48.9 Å². The topological polar surface area (TPSA) is 67.8 Å². The summed E-state index contributed by atoms with van der Waals surface area (Å²) in [7, 11) is 3.27. The molecule has 1 aromatic carbocycles. The standard InChI is InChI=1S/C17H25NO4/c1-4-5-14(17(19)20)18-13-7-6-11-9-15(21-2)16(22-3)10-12(11)8-13/h9-10,13-14,18H,4-8H2,1-3H3,(H,19,20)/t13-,14?/m0/s1. The number of aliphatic carboxylic acids is 1. The minimum absolute atomic E-state index is 0.193. The summed E-state index contributed by atoms with van der Waals surface area (Å²) in [5.74, 6) is 0.715. The van der Waals surface area contributed by atoms with E-state index < -0.39 is 12.0 Å². The van der Waals surface area contributed by atoms with Crippen molar-refractivity contribution < 1.29 is 19.4 Å². The van der Waals surface area contributed by atoms with Gasteiger partial charge < -0.3 is 19.9 Å². The van der Waals surface area contributed by atoms with Gasteiger partial charge in [0.05, 0.1) is 14.2 Å². The molecular weight excluding hydrogens is 282 g/mol. The minimum atomic E-state index is -0.764. The maximum absolute atomic E-state index is 11.3. The first-order valence-electron chi connectivity index (χ1n) is 7.81. The molecule has 0 spiro atoms. The highest BCUT2D eigenvalue weighted by Gasteiger charge is 2.25. The highest BCUT2D eigenvalue weighted by Crippen LogP contribution is 2.34. The highest BCUT2D eigenvalue weighted by atomic mass is 16.5. The number of hydrogen-bond donors (Lipinski definition) is 2. The molecule has 1 aliphatic carbocycles. The van der Waals surface area contributed by atoms with Crippen molar-refractivity contribution in [3.05, 3.63) is 23.3 Å². The molecule has 1 unspecified atom stereocenters. The summed E-state index contributed by atoms with van der Waals surface area (Å²) in [4.78, 5) is 11.3. The Morgan fingerprint density at radius 3 is 2.50 bits per heavy atom. The van der Waals surface area contributed by atoms with Crippen molar-refractivity contribution >= 4 is 5.97 Å². The zero-order chi connectivity index (χ0) is 16.1. The normalized spacial score (nSPS) is 18.4. The van der Waals surface area contributed by atoms with E-state index in [1.165, 1.54) is 11.1 Å². The summed E-state index contributed by atoms with van der Waals surface area (Å²) in [5.41, 5.74) is 2.47. The van der Waals surface area contributed by atoms with Crippen molar-refractivity contribution in [2.75, 3.05) is 14.2 Å². The third-order valence-corrected chi connectivity index (χ3v) is 4.25. The molecule has 0 amide bonds. The van der Waals surface area contributed by atoms with Crippen LogP contribution in [0.5, 0.6) is 11.5 Å². The number of carbonyl (C=O) groups is 1. The van der Waals surface area contributed by atoms with Gasteiger partial charge in [0.2, 0.25) is 0 Å². The molecule has 0 radical (unpaired) electrons. The Morgan fingerprint density at radius 2 is 1.95 bits per heavy atom. The molecule has 0 aliphatic heterocycles. The molecule has 0 fully saturated rings. The van der Waals surface area contributed by atoms with E-state index in [0.29, 0.717) is 6.42 Å². The summed E-state index contributed by atoms with van der Waals surface area (Å²) >= 11 is 0. The number of aryl methyl sites for hydroxylation is 1. The van der Waals surface area contributed by atoms with Crippen molar-refractivity contribution in [1.82, 2.24) is 5.32 Å². The molecule has 5 nitrogen and oxygen atoms in total. The van der Waals surface area contributed by atoms with Gasteiger partial charge >= 0.3 is 5.97 Å². The Morgan fingerprint density at radius 1 is 1.32 bits per heavy atom. The van der Waals surface area contributed by atoms with Crippen molar-refractivity contribution in [3.63, 3.8) is 0 Å².